The van der Waals surface area contributed by atoms with Crippen molar-refractivity contribution in [3.8, 4) is 11.5 Å². The molecule has 2 heterocycles. The van der Waals surface area contributed by atoms with E-state index in [0.717, 1.165) is 37.6 Å². The number of carbonyl (C=O) groups is 1. The van der Waals surface area contributed by atoms with Crippen molar-refractivity contribution in [1.82, 2.24) is 15.2 Å². The number of likely N-dealkylation sites (N-methyl/N-ethyl adjacent to an activating group) is 1. The second-order valence-corrected chi connectivity index (χ2v) is 7.53. The fourth-order valence-electron chi connectivity index (χ4n) is 3.22. The van der Waals surface area contributed by atoms with Gasteiger partial charge in [-0.3, -0.25) is 4.79 Å². The Balaban J connectivity index is 1.62. The molecule has 0 spiro atoms. The molecule has 2 aromatic rings. The largest absolute Gasteiger partial charge is 0.493 e. The number of hydrogen-bond acceptors (Lipinski definition) is 6. The molecule has 0 aliphatic carbocycles. The van der Waals surface area contributed by atoms with E-state index in [1.165, 1.54) is 0 Å². The number of nitrogens with zero attached hydrogens (tertiary/aromatic N) is 3. The van der Waals surface area contributed by atoms with Gasteiger partial charge in [-0.25, -0.2) is 4.98 Å². The zero-order valence-electron chi connectivity index (χ0n) is 17.6. The molecule has 0 radical (unpaired) electrons. The molecule has 1 saturated heterocycles. The van der Waals surface area contributed by atoms with Crippen LogP contribution in [0.3, 0.4) is 0 Å². The lowest BCUT2D eigenvalue weighted by Crippen LogP contribution is -2.44. The third kappa shape index (κ3) is 5.60. The summed E-state index contributed by atoms with van der Waals surface area (Å²) in [6.45, 7) is 8.32. The SMILES string of the molecule is COc1cc(C(=O)NCc2ccnc(N3CCN(C)CC3)c2)ccc1OC(C)C. The lowest BCUT2D eigenvalue weighted by molar-refractivity contribution is 0.0950. The van der Waals surface area contributed by atoms with E-state index >= 15 is 0 Å². The van der Waals surface area contributed by atoms with Crippen molar-refractivity contribution in [2.24, 2.45) is 0 Å². The van der Waals surface area contributed by atoms with Crippen LogP contribution in [0.5, 0.6) is 11.5 Å². The molecule has 0 saturated carbocycles. The molecule has 3 rings (SSSR count). The van der Waals surface area contributed by atoms with Crippen LogP contribution in [0.1, 0.15) is 29.8 Å². The van der Waals surface area contributed by atoms with E-state index in [4.69, 9.17) is 9.47 Å². The summed E-state index contributed by atoms with van der Waals surface area (Å²) in [5, 5.41) is 2.97. The third-order valence-electron chi connectivity index (χ3n) is 4.88. The highest BCUT2D eigenvalue weighted by Gasteiger charge is 2.16. The maximum atomic E-state index is 12.6. The molecule has 7 nitrogen and oxygen atoms in total. The van der Waals surface area contributed by atoms with Gasteiger partial charge < -0.3 is 24.6 Å². The summed E-state index contributed by atoms with van der Waals surface area (Å²) in [7, 11) is 3.70. The van der Waals surface area contributed by atoms with Crippen LogP contribution in [0.4, 0.5) is 5.82 Å². The number of hydrogen-bond donors (Lipinski definition) is 1. The lowest BCUT2D eigenvalue weighted by atomic mass is 10.1. The Labute approximate surface area is 172 Å². The number of ether oxygens (including phenoxy) is 2. The molecule has 1 amide bonds. The number of aromatic nitrogens is 1. The normalized spacial score (nSPS) is 14.7. The van der Waals surface area contributed by atoms with Crippen LogP contribution in [0.15, 0.2) is 36.5 Å². The Bertz CT molecular complexity index is 833. The number of benzene rings is 1. The highest BCUT2D eigenvalue weighted by Crippen LogP contribution is 2.29. The number of piperazine rings is 1. The molecule has 29 heavy (non-hydrogen) atoms. The number of nitrogens with one attached hydrogen (secondary N) is 1. The van der Waals surface area contributed by atoms with Crippen molar-refractivity contribution < 1.29 is 14.3 Å². The van der Waals surface area contributed by atoms with Crippen LogP contribution in [-0.4, -0.2) is 62.2 Å². The summed E-state index contributed by atoms with van der Waals surface area (Å²) < 4.78 is 11.1. The van der Waals surface area contributed by atoms with Crippen molar-refractivity contribution in [2.45, 2.75) is 26.5 Å². The van der Waals surface area contributed by atoms with Crippen molar-refractivity contribution in [3.63, 3.8) is 0 Å². The van der Waals surface area contributed by atoms with Gasteiger partial charge in [-0.2, -0.15) is 0 Å². The van der Waals surface area contributed by atoms with Gasteiger partial charge in [0.05, 0.1) is 13.2 Å². The molecule has 0 atom stereocenters. The predicted octanol–water partition coefficient (Wildman–Crippen LogP) is 2.56. The minimum absolute atomic E-state index is 0.0322. The van der Waals surface area contributed by atoms with Gasteiger partial charge in [0.2, 0.25) is 0 Å². The van der Waals surface area contributed by atoms with Crippen LogP contribution in [-0.2, 0) is 6.54 Å². The van der Waals surface area contributed by atoms with E-state index in [0.29, 0.717) is 23.6 Å². The van der Waals surface area contributed by atoms with Crippen LogP contribution in [0.2, 0.25) is 0 Å². The molecule has 7 heteroatoms. The number of methoxy groups -OCH3 is 1. The van der Waals surface area contributed by atoms with Crippen LogP contribution in [0.25, 0.3) is 0 Å². The van der Waals surface area contributed by atoms with E-state index in [1.54, 1.807) is 31.5 Å². The van der Waals surface area contributed by atoms with E-state index in [2.05, 4.69) is 27.1 Å². The third-order valence-corrected chi connectivity index (χ3v) is 4.88. The zero-order chi connectivity index (χ0) is 20.8. The van der Waals surface area contributed by atoms with E-state index in [-0.39, 0.29) is 12.0 Å². The van der Waals surface area contributed by atoms with Gasteiger partial charge in [-0.05, 0) is 56.8 Å². The Morgan fingerprint density at radius 2 is 1.90 bits per heavy atom. The highest BCUT2D eigenvalue weighted by molar-refractivity contribution is 5.94. The molecule has 156 valence electrons. The second kappa shape index (κ2) is 9.60. The van der Waals surface area contributed by atoms with E-state index in [1.807, 2.05) is 26.0 Å². The molecule has 1 aromatic heterocycles. The van der Waals surface area contributed by atoms with E-state index in [9.17, 15) is 4.79 Å². The Kier molecular flexibility index (Phi) is 6.93. The van der Waals surface area contributed by atoms with Gasteiger partial charge in [0, 0.05) is 44.5 Å². The molecule has 1 aliphatic heterocycles. The Hall–Kier alpha value is -2.80. The Morgan fingerprint density at radius 3 is 2.59 bits per heavy atom. The first-order valence-electron chi connectivity index (χ1n) is 9.97. The molecular formula is C22H30N4O3. The quantitative estimate of drug-likeness (QED) is 0.773. The predicted molar refractivity (Wildman–Crippen MR) is 114 cm³/mol. The molecule has 1 aromatic carbocycles. The van der Waals surface area contributed by atoms with Crippen LogP contribution in [0, 0.1) is 0 Å². The number of carbonyl (C=O) groups excluding carboxylic acids is 1. The summed E-state index contributed by atoms with van der Waals surface area (Å²) >= 11 is 0. The minimum Gasteiger partial charge on any atom is -0.493 e. The first kappa shape index (κ1) is 20.9. The topological polar surface area (TPSA) is 66.9 Å². The van der Waals surface area contributed by atoms with Gasteiger partial charge >= 0.3 is 0 Å². The molecule has 1 N–H and O–H groups in total. The monoisotopic (exact) mass is 398 g/mol. The first-order valence-corrected chi connectivity index (χ1v) is 9.97. The number of anilines is 1. The van der Waals surface area contributed by atoms with Crippen molar-refractivity contribution in [1.29, 1.82) is 0 Å². The van der Waals surface area contributed by atoms with Crippen molar-refractivity contribution in [2.75, 3.05) is 45.2 Å². The maximum Gasteiger partial charge on any atom is 0.251 e. The Morgan fingerprint density at radius 1 is 1.14 bits per heavy atom. The van der Waals surface area contributed by atoms with Crippen LogP contribution >= 0.6 is 0 Å². The fourth-order valence-corrected chi connectivity index (χ4v) is 3.22. The fraction of sp³-hybridized carbons (Fsp3) is 0.455. The van der Waals surface area contributed by atoms with Crippen molar-refractivity contribution >= 4 is 11.7 Å². The number of amides is 1. The smallest absolute Gasteiger partial charge is 0.251 e. The van der Waals surface area contributed by atoms with Gasteiger partial charge in [-0.15, -0.1) is 0 Å². The van der Waals surface area contributed by atoms with Gasteiger partial charge in [0.1, 0.15) is 5.82 Å². The molecule has 1 aliphatic rings. The average Bonchev–Trinajstić information content (AvgIpc) is 2.72. The summed E-state index contributed by atoms with van der Waals surface area (Å²) in [5.41, 5.74) is 1.56. The van der Waals surface area contributed by atoms with Gasteiger partial charge in [0.15, 0.2) is 11.5 Å². The number of rotatable bonds is 7. The molecule has 0 bridgehead atoms. The van der Waals surface area contributed by atoms with Gasteiger partial charge in [-0.1, -0.05) is 0 Å². The average molecular weight is 399 g/mol. The summed E-state index contributed by atoms with van der Waals surface area (Å²) in [6.07, 6.45) is 1.83. The summed E-state index contributed by atoms with van der Waals surface area (Å²) in [5.74, 6) is 1.98. The standard InChI is InChI=1S/C22H30N4O3/c1-16(2)29-19-6-5-18(14-20(19)28-4)22(27)24-15-17-7-8-23-21(13-17)26-11-9-25(3)10-12-26/h5-8,13-14,16H,9-12,15H2,1-4H3,(H,24,27). The summed E-state index contributed by atoms with van der Waals surface area (Å²) in [4.78, 5) is 21.7. The second-order valence-electron chi connectivity index (χ2n) is 7.53. The van der Waals surface area contributed by atoms with Crippen LogP contribution < -0.4 is 19.7 Å². The molecule has 1 fully saturated rings. The lowest BCUT2D eigenvalue weighted by Gasteiger charge is -2.33. The zero-order valence-corrected chi connectivity index (χ0v) is 17.6. The first-order chi connectivity index (χ1) is 14.0. The van der Waals surface area contributed by atoms with Crippen molar-refractivity contribution in [3.05, 3.63) is 47.7 Å². The maximum absolute atomic E-state index is 12.6. The van der Waals surface area contributed by atoms with E-state index < -0.39 is 0 Å². The number of pyridine rings is 1. The molecule has 0 unspecified atom stereocenters. The summed E-state index contributed by atoms with van der Waals surface area (Å²) in [6, 6.07) is 9.20. The van der Waals surface area contributed by atoms with Gasteiger partial charge in [0.25, 0.3) is 5.91 Å². The highest BCUT2D eigenvalue weighted by atomic mass is 16.5. The minimum atomic E-state index is -0.155. The molecular weight excluding hydrogens is 368 g/mol.